The molecule has 0 spiro atoms. The molecular formula is C18H23NO. The summed E-state index contributed by atoms with van der Waals surface area (Å²) in [5, 5.41) is 9.11. The Labute approximate surface area is 121 Å². The third-order valence-corrected chi connectivity index (χ3v) is 3.56. The number of hydrogen-bond acceptors (Lipinski definition) is 2. The summed E-state index contributed by atoms with van der Waals surface area (Å²) in [6, 6.07) is 19.5. The summed E-state index contributed by atoms with van der Waals surface area (Å²) in [5.41, 5.74) is 3.77. The smallest absolute Gasteiger partial charge is 0.0558 e. The van der Waals surface area contributed by atoms with Gasteiger partial charge in [-0.2, -0.15) is 0 Å². The maximum Gasteiger partial charge on any atom is 0.0558 e. The Kier molecular flexibility index (Phi) is 5.33. The summed E-state index contributed by atoms with van der Waals surface area (Å²) in [5.74, 6) is 0. The fourth-order valence-corrected chi connectivity index (χ4v) is 2.32. The van der Waals surface area contributed by atoms with Crippen LogP contribution in [0.4, 0.5) is 0 Å². The lowest BCUT2D eigenvalue weighted by Gasteiger charge is -2.25. The number of nitrogens with zero attached hydrogens (tertiary/aromatic N) is 1. The van der Waals surface area contributed by atoms with E-state index in [1.165, 1.54) is 16.7 Å². The van der Waals surface area contributed by atoms with Crippen molar-refractivity contribution in [2.24, 2.45) is 0 Å². The molecule has 2 aromatic rings. The second kappa shape index (κ2) is 7.22. The van der Waals surface area contributed by atoms with Gasteiger partial charge in [-0.1, -0.05) is 54.6 Å². The molecule has 0 unspecified atom stereocenters. The predicted octanol–water partition coefficient (Wildman–Crippen LogP) is 3.56. The van der Waals surface area contributed by atoms with Gasteiger partial charge < -0.3 is 5.11 Å². The van der Waals surface area contributed by atoms with E-state index in [9.17, 15) is 0 Å². The minimum atomic E-state index is 0.209. The third kappa shape index (κ3) is 3.92. The van der Waals surface area contributed by atoms with Crippen LogP contribution in [0.5, 0.6) is 0 Å². The quantitative estimate of drug-likeness (QED) is 0.867. The number of aliphatic hydroxyl groups excluding tert-OH is 1. The fraction of sp³-hybridized carbons (Fsp3) is 0.333. The number of hydrogen-bond donors (Lipinski definition) is 1. The van der Waals surface area contributed by atoms with E-state index in [1.54, 1.807) is 0 Å². The van der Waals surface area contributed by atoms with E-state index in [1.807, 2.05) is 6.07 Å². The van der Waals surface area contributed by atoms with Gasteiger partial charge in [0.1, 0.15) is 0 Å². The Morgan fingerprint density at radius 2 is 1.50 bits per heavy atom. The van der Waals surface area contributed by atoms with Gasteiger partial charge in [-0.3, -0.25) is 4.90 Å². The first-order valence-electron chi connectivity index (χ1n) is 7.20. The van der Waals surface area contributed by atoms with Crippen molar-refractivity contribution in [1.82, 2.24) is 4.90 Å². The molecule has 0 bridgehead atoms. The first kappa shape index (κ1) is 14.8. The van der Waals surface area contributed by atoms with Crippen LogP contribution in [0.3, 0.4) is 0 Å². The van der Waals surface area contributed by atoms with Crippen molar-refractivity contribution in [3.8, 4) is 11.1 Å². The number of benzene rings is 2. The number of rotatable bonds is 6. The maximum absolute atomic E-state index is 9.11. The summed E-state index contributed by atoms with van der Waals surface area (Å²) in [6.45, 7) is 6.13. The van der Waals surface area contributed by atoms with Crippen LogP contribution in [0.2, 0.25) is 0 Å². The first-order chi connectivity index (χ1) is 9.70. The molecule has 0 heterocycles. The van der Waals surface area contributed by atoms with Gasteiger partial charge in [0.15, 0.2) is 0 Å². The molecule has 0 aliphatic heterocycles. The summed E-state index contributed by atoms with van der Waals surface area (Å²) >= 11 is 0. The lowest BCUT2D eigenvalue weighted by Crippen LogP contribution is -2.32. The van der Waals surface area contributed by atoms with Crippen LogP contribution in [-0.2, 0) is 6.54 Å². The average Bonchev–Trinajstić information content (AvgIpc) is 2.48. The number of aliphatic hydroxyl groups is 1. The molecule has 0 saturated heterocycles. The highest BCUT2D eigenvalue weighted by Gasteiger charge is 2.09. The minimum absolute atomic E-state index is 0.209. The Hall–Kier alpha value is -1.64. The van der Waals surface area contributed by atoms with E-state index in [0.29, 0.717) is 6.04 Å². The molecular weight excluding hydrogens is 246 g/mol. The molecule has 0 atom stereocenters. The summed E-state index contributed by atoms with van der Waals surface area (Å²) in [7, 11) is 0. The van der Waals surface area contributed by atoms with E-state index in [-0.39, 0.29) is 6.61 Å². The van der Waals surface area contributed by atoms with Crippen molar-refractivity contribution < 1.29 is 5.11 Å². The standard InChI is InChI=1S/C18H23NO/c1-15(2)19(12-13-20)14-16-8-10-18(11-9-16)17-6-4-3-5-7-17/h3-11,15,20H,12-14H2,1-2H3. The summed E-state index contributed by atoms with van der Waals surface area (Å²) < 4.78 is 0. The third-order valence-electron chi connectivity index (χ3n) is 3.56. The van der Waals surface area contributed by atoms with Gasteiger partial charge >= 0.3 is 0 Å². The van der Waals surface area contributed by atoms with Crippen molar-refractivity contribution in [3.05, 3.63) is 60.2 Å². The topological polar surface area (TPSA) is 23.5 Å². The zero-order valence-electron chi connectivity index (χ0n) is 12.3. The van der Waals surface area contributed by atoms with Crippen LogP contribution in [0.25, 0.3) is 11.1 Å². The van der Waals surface area contributed by atoms with Gasteiger partial charge in [-0.05, 0) is 30.5 Å². The lowest BCUT2D eigenvalue weighted by atomic mass is 10.0. The van der Waals surface area contributed by atoms with Gasteiger partial charge in [0.2, 0.25) is 0 Å². The molecule has 0 amide bonds. The zero-order chi connectivity index (χ0) is 14.4. The summed E-state index contributed by atoms with van der Waals surface area (Å²) in [6.07, 6.45) is 0. The molecule has 2 rings (SSSR count). The molecule has 0 fully saturated rings. The van der Waals surface area contributed by atoms with Crippen LogP contribution < -0.4 is 0 Å². The van der Waals surface area contributed by atoms with Gasteiger partial charge in [-0.15, -0.1) is 0 Å². The molecule has 2 aromatic carbocycles. The zero-order valence-corrected chi connectivity index (χ0v) is 12.3. The molecule has 2 heteroatoms. The van der Waals surface area contributed by atoms with E-state index in [0.717, 1.165) is 13.1 Å². The summed E-state index contributed by atoms with van der Waals surface area (Å²) in [4.78, 5) is 2.28. The Morgan fingerprint density at radius 3 is 2.05 bits per heavy atom. The van der Waals surface area contributed by atoms with Crippen molar-refractivity contribution in [2.75, 3.05) is 13.2 Å². The van der Waals surface area contributed by atoms with Gasteiger partial charge in [-0.25, -0.2) is 0 Å². The lowest BCUT2D eigenvalue weighted by molar-refractivity contribution is 0.159. The van der Waals surface area contributed by atoms with E-state index < -0.39 is 0 Å². The second-order valence-corrected chi connectivity index (χ2v) is 5.35. The molecule has 0 radical (unpaired) electrons. The highest BCUT2D eigenvalue weighted by Crippen LogP contribution is 2.20. The van der Waals surface area contributed by atoms with Crippen LogP contribution >= 0.6 is 0 Å². The molecule has 0 aliphatic rings. The van der Waals surface area contributed by atoms with E-state index >= 15 is 0 Å². The normalized spacial score (nSPS) is 11.2. The minimum Gasteiger partial charge on any atom is -0.395 e. The van der Waals surface area contributed by atoms with Crippen molar-refractivity contribution in [2.45, 2.75) is 26.4 Å². The second-order valence-electron chi connectivity index (χ2n) is 5.35. The van der Waals surface area contributed by atoms with E-state index in [4.69, 9.17) is 5.11 Å². The van der Waals surface area contributed by atoms with Crippen LogP contribution in [0.1, 0.15) is 19.4 Å². The Balaban J connectivity index is 2.08. The van der Waals surface area contributed by atoms with Gasteiger partial charge in [0.05, 0.1) is 6.61 Å². The van der Waals surface area contributed by atoms with Crippen LogP contribution in [-0.4, -0.2) is 29.2 Å². The monoisotopic (exact) mass is 269 g/mol. The Morgan fingerprint density at radius 1 is 0.900 bits per heavy atom. The molecule has 2 nitrogen and oxygen atoms in total. The highest BCUT2D eigenvalue weighted by molar-refractivity contribution is 5.63. The predicted molar refractivity (Wildman–Crippen MR) is 84.5 cm³/mol. The highest BCUT2D eigenvalue weighted by atomic mass is 16.3. The van der Waals surface area contributed by atoms with Crippen LogP contribution in [0, 0.1) is 0 Å². The molecule has 0 aromatic heterocycles. The largest absolute Gasteiger partial charge is 0.395 e. The molecule has 1 N–H and O–H groups in total. The fourth-order valence-electron chi connectivity index (χ4n) is 2.32. The first-order valence-corrected chi connectivity index (χ1v) is 7.20. The maximum atomic E-state index is 9.11. The Bertz CT molecular complexity index is 505. The van der Waals surface area contributed by atoms with Crippen molar-refractivity contribution in [1.29, 1.82) is 0 Å². The molecule has 0 aliphatic carbocycles. The SMILES string of the molecule is CC(C)N(CCO)Cc1ccc(-c2ccccc2)cc1. The average molecular weight is 269 g/mol. The van der Waals surface area contributed by atoms with E-state index in [2.05, 4.69) is 67.3 Å². The van der Waals surface area contributed by atoms with Gasteiger partial charge in [0, 0.05) is 19.1 Å². The van der Waals surface area contributed by atoms with Crippen LogP contribution in [0.15, 0.2) is 54.6 Å². The van der Waals surface area contributed by atoms with Crippen molar-refractivity contribution in [3.63, 3.8) is 0 Å². The molecule has 20 heavy (non-hydrogen) atoms. The van der Waals surface area contributed by atoms with Crippen molar-refractivity contribution >= 4 is 0 Å². The molecule has 106 valence electrons. The molecule has 0 saturated carbocycles. The van der Waals surface area contributed by atoms with Gasteiger partial charge in [0.25, 0.3) is 0 Å².